The summed E-state index contributed by atoms with van der Waals surface area (Å²) in [6.07, 6.45) is -4.62. The Morgan fingerprint density at radius 3 is 2.56 bits per heavy atom. The highest BCUT2D eigenvalue weighted by Gasteiger charge is 2.31. The number of hydrogen-bond donors (Lipinski definition) is 2. The quantitative estimate of drug-likeness (QED) is 0.567. The van der Waals surface area contributed by atoms with Gasteiger partial charge < -0.3 is 15.4 Å². The second-order valence-electron chi connectivity index (χ2n) is 5.00. The largest absolute Gasteiger partial charge is 0.495 e. The Kier molecular flexibility index (Phi) is 6.07. The van der Waals surface area contributed by atoms with E-state index in [0.29, 0.717) is 22.5 Å². The fraction of sp³-hybridized carbons (Fsp3) is 0.188. The third-order valence-electron chi connectivity index (χ3n) is 3.15. The summed E-state index contributed by atoms with van der Waals surface area (Å²) in [5.74, 6) is -0.485. The number of benzene rings is 2. The van der Waals surface area contributed by atoms with E-state index >= 15 is 0 Å². The van der Waals surface area contributed by atoms with E-state index in [1.165, 1.54) is 7.11 Å². The van der Waals surface area contributed by atoms with Crippen molar-refractivity contribution in [2.45, 2.75) is 12.7 Å². The van der Waals surface area contributed by atoms with Crippen LogP contribution in [0.2, 0.25) is 5.02 Å². The lowest BCUT2D eigenvalue weighted by Crippen LogP contribution is -2.28. The van der Waals surface area contributed by atoms with Crippen LogP contribution in [0.4, 0.5) is 23.2 Å². The van der Waals surface area contributed by atoms with Gasteiger partial charge in [0, 0.05) is 11.6 Å². The molecule has 2 N–H and O–H groups in total. The van der Waals surface area contributed by atoms with Gasteiger partial charge in [-0.25, -0.2) is 4.39 Å². The number of methoxy groups -OCH3 is 1. The molecular weight excluding hydrogens is 380 g/mol. The summed E-state index contributed by atoms with van der Waals surface area (Å²) in [6.45, 7) is -0.0877. The molecule has 0 saturated heterocycles. The summed E-state index contributed by atoms with van der Waals surface area (Å²) in [6, 6.07) is 7.15. The van der Waals surface area contributed by atoms with Crippen molar-refractivity contribution in [1.29, 1.82) is 0 Å². The molecule has 0 spiro atoms. The van der Waals surface area contributed by atoms with E-state index < -0.39 is 17.6 Å². The molecule has 0 saturated carbocycles. The van der Waals surface area contributed by atoms with E-state index in [1.807, 2.05) is 0 Å². The summed E-state index contributed by atoms with van der Waals surface area (Å²) >= 11 is 11.0. The number of thiocarbonyl (C=S) groups is 1. The zero-order chi connectivity index (χ0) is 18.6. The number of alkyl halides is 3. The molecule has 0 aliphatic carbocycles. The number of ether oxygens (including phenoxy) is 1. The van der Waals surface area contributed by atoms with Crippen molar-refractivity contribution in [2.75, 3.05) is 12.4 Å². The Balaban J connectivity index is 2.06. The Morgan fingerprint density at radius 2 is 1.92 bits per heavy atom. The lowest BCUT2D eigenvalue weighted by molar-refractivity contribution is -0.137. The molecule has 134 valence electrons. The molecule has 0 radical (unpaired) electrons. The van der Waals surface area contributed by atoms with E-state index in [9.17, 15) is 17.6 Å². The molecule has 3 nitrogen and oxygen atoms in total. The first kappa shape index (κ1) is 19.3. The average molecular weight is 393 g/mol. The van der Waals surface area contributed by atoms with Gasteiger partial charge in [-0.3, -0.25) is 0 Å². The van der Waals surface area contributed by atoms with Gasteiger partial charge in [-0.2, -0.15) is 13.2 Å². The van der Waals surface area contributed by atoms with Crippen molar-refractivity contribution in [1.82, 2.24) is 5.32 Å². The predicted molar refractivity (Wildman–Crippen MR) is 92.5 cm³/mol. The van der Waals surface area contributed by atoms with Crippen molar-refractivity contribution >= 4 is 34.6 Å². The fourth-order valence-electron chi connectivity index (χ4n) is 2.04. The monoisotopic (exact) mass is 392 g/mol. The molecule has 0 amide bonds. The highest BCUT2D eigenvalue weighted by atomic mass is 35.5. The van der Waals surface area contributed by atoms with Crippen LogP contribution in [0.5, 0.6) is 5.75 Å². The number of halogens is 5. The number of anilines is 1. The van der Waals surface area contributed by atoms with Crippen LogP contribution in [-0.2, 0) is 12.7 Å². The summed E-state index contributed by atoms with van der Waals surface area (Å²) in [4.78, 5) is 0. The Bertz CT molecular complexity index is 783. The van der Waals surface area contributed by atoms with E-state index in [-0.39, 0.29) is 17.2 Å². The van der Waals surface area contributed by atoms with Crippen LogP contribution in [-0.4, -0.2) is 12.2 Å². The van der Waals surface area contributed by atoms with Gasteiger partial charge in [-0.1, -0.05) is 11.6 Å². The minimum Gasteiger partial charge on any atom is -0.495 e. The maximum Gasteiger partial charge on any atom is 0.416 e. The Labute approximate surface area is 151 Å². The van der Waals surface area contributed by atoms with Gasteiger partial charge in [0.1, 0.15) is 11.6 Å². The van der Waals surface area contributed by atoms with E-state index in [0.717, 1.165) is 12.1 Å². The number of hydrogen-bond acceptors (Lipinski definition) is 2. The van der Waals surface area contributed by atoms with Crippen LogP contribution in [0.25, 0.3) is 0 Å². The number of nitrogens with one attached hydrogen (secondary N) is 2. The van der Waals surface area contributed by atoms with Crippen LogP contribution in [0.15, 0.2) is 36.4 Å². The molecule has 0 aromatic heterocycles. The van der Waals surface area contributed by atoms with Gasteiger partial charge >= 0.3 is 6.18 Å². The zero-order valence-corrected chi connectivity index (χ0v) is 14.4. The van der Waals surface area contributed by atoms with Gasteiger partial charge in [0.2, 0.25) is 0 Å². The van der Waals surface area contributed by atoms with Crippen LogP contribution >= 0.6 is 23.8 Å². The van der Waals surface area contributed by atoms with Crippen LogP contribution in [0.3, 0.4) is 0 Å². The van der Waals surface area contributed by atoms with Crippen LogP contribution in [0, 0.1) is 5.82 Å². The summed E-state index contributed by atoms with van der Waals surface area (Å²) in [5, 5.41) is 6.11. The molecule has 0 atom stereocenters. The first-order chi connectivity index (χ1) is 11.7. The molecule has 2 aromatic carbocycles. The molecule has 9 heteroatoms. The zero-order valence-electron chi connectivity index (χ0n) is 12.9. The van der Waals surface area contributed by atoms with E-state index in [2.05, 4.69) is 10.6 Å². The lowest BCUT2D eigenvalue weighted by Gasteiger charge is -2.14. The van der Waals surface area contributed by atoms with Crippen molar-refractivity contribution < 1.29 is 22.3 Å². The Morgan fingerprint density at radius 1 is 1.20 bits per heavy atom. The standard InChI is InChI=1S/C16H13ClF4N2OS/c1-24-14-3-2-11(17)7-13(14)23-15(25)22-8-9-4-10(16(19,20)21)6-12(18)5-9/h2-7H,8H2,1H3,(H2,22,23,25). The summed E-state index contributed by atoms with van der Waals surface area (Å²) < 4.78 is 56.6. The fourth-order valence-corrected chi connectivity index (χ4v) is 2.40. The maximum atomic E-state index is 13.4. The van der Waals surface area contributed by atoms with Crippen LogP contribution in [0.1, 0.15) is 11.1 Å². The average Bonchev–Trinajstić information content (AvgIpc) is 2.52. The Hall–Kier alpha value is -2.06. The van der Waals surface area contributed by atoms with Gasteiger partial charge in [0.25, 0.3) is 0 Å². The smallest absolute Gasteiger partial charge is 0.416 e. The predicted octanol–water partition coefficient (Wildman–Crippen LogP) is 4.99. The molecule has 0 unspecified atom stereocenters. The first-order valence-corrected chi connectivity index (χ1v) is 7.72. The summed E-state index contributed by atoms with van der Waals surface area (Å²) in [7, 11) is 1.47. The molecule has 2 aromatic rings. The molecule has 0 aliphatic heterocycles. The first-order valence-electron chi connectivity index (χ1n) is 6.94. The minimum absolute atomic E-state index is 0.0877. The normalized spacial score (nSPS) is 11.1. The van der Waals surface area contributed by atoms with Gasteiger partial charge in [-0.15, -0.1) is 0 Å². The van der Waals surface area contributed by atoms with Crippen molar-refractivity contribution in [3.05, 3.63) is 58.4 Å². The van der Waals surface area contributed by atoms with Crippen molar-refractivity contribution in [2.24, 2.45) is 0 Å². The SMILES string of the molecule is COc1ccc(Cl)cc1NC(=S)NCc1cc(F)cc(C(F)(F)F)c1. The van der Waals surface area contributed by atoms with Gasteiger partial charge in [0.15, 0.2) is 5.11 Å². The number of rotatable bonds is 4. The maximum absolute atomic E-state index is 13.4. The molecule has 2 rings (SSSR count). The topological polar surface area (TPSA) is 33.3 Å². The molecule has 0 bridgehead atoms. The summed E-state index contributed by atoms with van der Waals surface area (Å²) in [5.41, 5.74) is -0.461. The van der Waals surface area contributed by atoms with Gasteiger partial charge in [-0.05, 0) is 54.2 Å². The van der Waals surface area contributed by atoms with Crippen molar-refractivity contribution in [3.63, 3.8) is 0 Å². The van der Waals surface area contributed by atoms with E-state index in [1.54, 1.807) is 18.2 Å². The molecular formula is C16H13ClF4N2OS. The minimum atomic E-state index is -4.62. The molecule has 0 fully saturated rings. The van der Waals surface area contributed by atoms with E-state index in [4.69, 9.17) is 28.6 Å². The molecule has 0 aliphatic rings. The third kappa shape index (κ3) is 5.47. The van der Waals surface area contributed by atoms with Crippen LogP contribution < -0.4 is 15.4 Å². The second kappa shape index (κ2) is 7.88. The second-order valence-corrected chi connectivity index (χ2v) is 5.84. The lowest BCUT2D eigenvalue weighted by atomic mass is 10.1. The molecule has 25 heavy (non-hydrogen) atoms. The van der Waals surface area contributed by atoms with Crippen molar-refractivity contribution in [3.8, 4) is 5.75 Å². The highest BCUT2D eigenvalue weighted by Crippen LogP contribution is 2.30. The third-order valence-corrected chi connectivity index (χ3v) is 3.63. The van der Waals surface area contributed by atoms with Gasteiger partial charge in [0.05, 0.1) is 18.4 Å². The molecule has 0 heterocycles. The highest BCUT2D eigenvalue weighted by molar-refractivity contribution is 7.80.